The molecule has 0 aliphatic carbocycles. The van der Waals surface area contributed by atoms with E-state index in [2.05, 4.69) is 31.5 Å². The molecule has 3 N–H and O–H groups in total. The summed E-state index contributed by atoms with van der Waals surface area (Å²) in [5, 5.41) is 6.86. The number of nitrogens with one attached hydrogen (secondary N) is 3. The van der Waals surface area contributed by atoms with E-state index in [1.165, 1.54) is 22.7 Å². The number of hydrazine groups is 1. The van der Waals surface area contributed by atoms with Gasteiger partial charge in [-0.2, -0.15) is 8.78 Å². The Labute approximate surface area is 251 Å². The number of aromatic nitrogens is 2. The Bertz CT molecular complexity index is 1620. The lowest BCUT2D eigenvalue weighted by Gasteiger charge is -2.23. The fourth-order valence-electron chi connectivity index (χ4n) is 4.19. The van der Waals surface area contributed by atoms with Gasteiger partial charge in [0.15, 0.2) is 0 Å². The monoisotopic (exact) mass is 613 g/mol. The van der Waals surface area contributed by atoms with Gasteiger partial charge in [-0.25, -0.2) is 9.82 Å². The summed E-state index contributed by atoms with van der Waals surface area (Å²) in [4.78, 5) is 40.2. The molecule has 0 fully saturated rings. The predicted octanol–water partition coefficient (Wildman–Crippen LogP) is 5.40. The van der Waals surface area contributed by atoms with E-state index in [-0.39, 0.29) is 18.3 Å². The second kappa shape index (κ2) is 17.4. The van der Waals surface area contributed by atoms with Gasteiger partial charge in [-0.15, -0.1) is 0 Å². The van der Waals surface area contributed by atoms with Gasteiger partial charge in [-0.05, 0) is 56.2 Å². The van der Waals surface area contributed by atoms with Crippen LogP contribution in [0.4, 0.5) is 13.2 Å². The topological polar surface area (TPSA) is 130 Å². The number of hydrogen-bond acceptors (Lipinski definition) is 7. The SMILES string of the molecule is COC(F)F.Cc1ccc2oc3cc(F)ccc3c2c1.O=CCCCCN(NCc1cc2cnccc2[nH]1)C(=O)CNC=O. The molecule has 0 saturated carbocycles. The molecule has 10 nitrogen and oxygen atoms in total. The number of amides is 2. The molecule has 0 bridgehead atoms. The number of methoxy groups -OCH3 is 1. The van der Waals surface area contributed by atoms with Crippen LogP contribution in [0.3, 0.4) is 0 Å². The van der Waals surface area contributed by atoms with Crippen molar-refractivity contribution in [1.82, 2.24) is 25.7 Å². The molecule has 0 aliphatic heterocycles. The summed E-state index contributed by atoms with van der Waals surface area (Å²) in [6.45, 7) is 0.252. The number of fused-ring (bicyclic) bond motifs is 4. The molecule has 5 aromatic rings. The second-order valence-corrected chi connectivity index (χ2v) is 9.54. The molecule has 2 aromatic carbocycles. The Kier molecular flexibility index (Phi) is 13.3. The standard InChI is InChI=1S/C16H21N5O3.C13H9FO.C2H4F2O/c22-7-3-1-2-6-21(16(24)11-18-12-23)19-10-14-8-13-9-17-5-4-15(13)20-14;1-8-2-5-12-11(6-8)10-4-3-9(14)7-13(10)15-12;1-5-2(3)4/h4-5,7-9,12,19-20H,1-3,6,10-11H2,(H,18,23);2-7H,1H3;2H,1H3. The highest BCUT2D eigenvalue weighted by molar-refractivity contribution is 6.05. The minimum Gasteiger partial charge on any atom is -0.456 e. The molecule has 13 heteroatoms. The lowest BCUT2D eigenvalue weighted by atomic mass is 10.1. The number of nitrogens with zero attached hydrogens (tertiary/aromatic N) is 2. The molecule has 2 amide bonds. The van der Waals surface area contributed by atoms with Crippen molar-refractivity contribution in [2.24, 2.45) is 0 Å². The van der Waals surface area contributed by atoms with Crippen LogP contribution in [0.2, 0.25) is 0 Å². The number of aryl methyl sites for hydroxylation is 1. The largest absolute Gasteiger partial charge is 0.456 e. The van der Waals surface area contributed by atoms with Crippen LogP contribution < -0.4 is 10.7 Å². The molecule has 0 atom stereocenters. The molecular formula is C31H34F3N5O5. The highest BCUT2D eigenvalue weighted by Crippen LogP contribution is 2.29. The quantitative estimate of drug-likeness (QED) is 0.0976. The summed E-state index contributed by atoms with van der Waals surface area (Å²) in [6, 6.07) is 14.5. The third-order valence-corrected chi connectivity index (χ3v) is 6.30. The van der Waals surface area contributed by atoms with E-state index in [0.717, 1.165) is 46.3 Å². The van der Waals surface area contributed by atoms with Crippen molar-refractivity contribution in [3.63, 3.8) is 0 Å². The first-order valence-electron chi connectivity index (χ1n) is 13.7. The summed E-state index contributed by atoms with van der Waals surface area (Å²) >= 11 is 0. The Morgan fingerprint density at radius 2 is 1.89 bits per heavy atom. The third-order valence-electron chi connectivity index (χ3n) is 6.30. The first kappa shape index (κ1) is 33.7. The van der Waals surface area contributed by atoms with Crippen molar-refractivity contribution in [3.8, 4) is 0 Å². The van der Waals surface area contributed by atoms with E-state index >= 15 is 0 Å². The summed E-state index contributed by atoms with van der Waals surface area (Å²) < 4.78 is 43.0. The maximum Gasteiger partial charge on any atom is 0.345 e. The highest BCUT2D eigenvalue weighted by atomic mass is 19.3. The molecule has 0 radical (unpaired) electrons. The highest BCUT2D eigenvalue weighted by Gasteiger charge is 2.13. The number of hydrogen-bond donors (Lipinski definition) is 3. The minimum absolute atomic E-state index is 0.0686. The number of aldehydes is 1. The zero-order valence-electron chi connectivity index (χ0n) is 24.3. The smallest absolute Gasteiger partial charge is 0.345 e. The maximum atomic E-state index is 13.0. The van der Waals surface area contributed by atoms with Gasteiger partial charge in [0, 0.05) is 65.9 Å². The first-order chi connectivity index (χ1) is 21.2. The van der Waals surface area contributed by atoms with Crippen LogP contribution in [0.1, 0.15) is 30.5 Å². The van der Waals surface area contributed by atoms with Gasteiger partial charge in [-0.1, -0.05) is 11.6 Å². The number of benzene rings is 2. The van der Waals surface area contributed by atoms with Gasteiger partial charge in [0.2, 0.25) is 6.41 Å². The lowest BCUT2D eigenvalue weighted by molar-refractivity contribution is -0.134. The van der Waals surface area contributed by atoms with E-state index in [0.29, 0.717) is 44.3 Å². The number of carbonyl (C=O) groups is 3. The molecule has 0 spiro atoms. The number of alkyl halides is 2. The van der Waals surface area contributed by atoms with Crippen molar-refractivity contribution in [2.75, 3.05) is 20.2 Å². The normalized spacial score (nSPS) is 10.7. The number of ether oxygens (including phenoxy) is 1. The average molecular weight is 614 g/mol. The van der Waals surface area contributed by atoms with E-state index in [1.54, 1.807) is 18.5 Å². The fraction of sp³-hybridized carbons (Fsp3) is 0.290. The average Bonchev–Trinajstić information content (AvgIpc) is 3.60. The van der Waals surface area contributed by atoms with Gasteiger partial charge in [0.05, 0.1) is 13.1 Å². The molecule has 0 aliphatic rings. The van der Waals surface area contributed by atoms with Crippen LogP contribution in [0.25, 0.3) is 32.8 Å². The third kappa shape index (κ3) is 10.2. The van der Waals surface area contributed by atoms with Crippen LogP contribution in [0.5, 0.6) is 0 Å². The van der Waals surface area contributed by atoms with Crippen LogP contribution in [-0.2, 0) is 25.7 Å². The first-order valence-corrected chi connectivity index (χ1v) is 13.7. The van der Waals surface area contributed by atoms with Crippen molar-refractivity contribution >= 4 is 51.4 Å². The van der Waals surface area contributed by atoms with Crippen LogP contribution in [-0.4, -0.2) is 60.4 Å². The Morgan fingerprint density at radius 1 is 1.09 bits per heavy atom. The molecule has 0 unspecified atom stereocenters. The van der Waals surface area contributed by atoms with Crippen molar-refractivity contribution in [3.05, 3.63) is 78.0 Å². The van der Waals surface area contributed by atoms with Gasteiger partial charge < -0.3 is 24.2 Å². The zero-order valence-corrected chi connectivity index (χ0v) is 24.3. The van der Waals surface area contributed by atoms with Crippen molar-refractivity contribution in [2.45, 2.75) is 39.3 Å². The van der Waals surface area contributed by atoms with Crippen LogP contribution in [0.15, 0.2) is 65.3 Å². The molecule has 3 heterocycles. The number of rotatable bonds is 12. The molecule has 0 saturated heterocycles. The molecule has 5 rings (SSSR count). The van der Waals surface area contributed by atoms with E-state index in [4.69, 9.17) is 4.42 Å². The van der Waals surface area contributed by atoms with Gasteiger partial charge >= 0.3 is 6.61 Å². The number of aromatic amines is 1. The molecule has 3 aromatic heterocycles. The second-order valence-electron chi connectivity index (χ2n) is 9.54. The number of unbranched alkanes of at least 4 members (excludes halogenated alkanes) is 2. The Balaban J connectivity index is 0.000000223. The lowest BCUT2D eigenvalue weighted by Crippen LogP contribution is -2.46. The summed E-state index contributed by atoms with van der Waals surface area (Å²) in [6.07, 6.45) is 6.74. The van der Waals surface area contributed by atoms with Crippen molar-refractivity contribution in [1.29, 1.82) is 0 Å². The molecule has 234 valence electrons. The Morgan fingerprint density at radius 3 is 2.59 bits per heavy atom. The number of H-pyrrole nitrogens is 1. The van der Waals surface area contributed by atoms with E-state index in [9.17, 15) is 27.6 Å². The summed E-state index contributed by atoms with van der Waals surface area (Å²) in [7, 11) is 0.949. The van der Waals surface area contributed by atoms with Gasteiger partial charge in [-0.3, -0.25) is 19.6 Å². The minimum atomic E-state index is -2.62. The molecule has 44 heavy (non-hydrogen) atoms. The number of carbonyl (C=O) groups excluding carboxylic acids is 3. The predicted molar refractivity (Wildman–Crippen MR) is 160 cm³/mol. The zero-order chi connectivity index (χ0) is 31.9. The van der Waals surface area contributed by atoms with Crippen LogP contribution >= 0.6 is 0 Å². The number of pyridine rings is 1. The van der Waals surface area contributed by atoms with E-state index in [1.807, 2.05) is 31.2 Å². The maximum absolute atomic E-state index is 13.0. The number of furan rings is 1. The van der Waals surface area contributed by atoms with Gasteiger partial charge in [0.1, 0.15) is 23.3 Å². The fourth-order valence-corrected chi connectivity index (χ4v) is 4.19. The summed E-state index contributed by atoms with van der Waals surface area (Å²) in [5.41, 5.74) is 7.56. The Hall–Kier alpha value is -4.75. The van der Waals surface area contributed by atoms with E-state index < -0.39 is 6.61 Å². The molecular weight excluding hydrogens is 579 g/mol. The number of halogens is 3. The summed E-state index contributed by atoms with van der Waals surface area (Å²) in [5.74, 6) is -0.496. The van der Waals surface area contributed by atoms with Crippen LogP contribution in [0, 0.1) is 12.7 Å². The van der Waals surface area contributed by atoms with Gasteiger partial charge in [0.25, 0.3) is 5.91 Å². The van der Waals surface area contributed by atoms with Crippen molar-refractivity contribution < 1.29 is 36.7 Å².